The average molecular weight is 279 g/mol. The SMILES string of the molecule is CC1CCCCN1CCc1ncc(CNC2CC2)s1. The Bertz CT molecular complexity index is 400. The largest absolute Gasteiger partial charge is 0.309 e. The highest BCUT2D eigenvalue weighted by atomic mass is 32.1. The second-order valence-electron chi connectivity index (χ2n) is 6.01. The van der Waals surface area contributed by atoms with E-state index in [-0.39, 0.29) is 0 Å². The molecule has 1 aliphatic carbocycles. The summed E-state index contributed by atoms with van der Waals surface area (Å²) in [5, 5.41) is 4.87. The molecule has 106 valence electrons. The standard InChI is InChI=1S/C15H25N3S/c1-12-4-2-3-8-18(12)9-7-15-17-11-14(19-15)10-16-13-5-6-13/h11-13,16H,2-10H2,1H3. The second kappa shape index (κ2) is 6.33. The number of aromatic nitrogens is 1. The van der Waals surface area contributed by atoms with Crippen LogP contribution in [-0.2, 0) is 13.0 Å². The summed E-state index contributed by atoms with van der Waals surface area (Å²) < 4.78 is 0. The fourth-order valence-electron chi connectivity index (χ4n) is 2.81. The first kappa shape index (κ1) is 13.5. The minimum Gasteiger partial charge on any atom is -0.309 e. The molecule has 0 spiro atoms. The zero-order chi connectivity index (χ0) is 13.1. The van der Waals surface area contributed by atoms with Gasteiger partial charge < -0.3 is 10.2 Å². The monoisotopic (exact) mass is 279 g/mol. The quantitative estimate of drug-likeness (QED) is 0.868. The Labute approximate surface area is 120 Å². The Morgan fingerprint density at radius 3 is 3.05 bits per heavy atom. The lowest BCUT2D eigenvalue weighted by Crippen LogP contribution is -2.38. The Morgan fingerprint density at radius 2 is 2.26 bits per heavy atom. The maximum atomic E-state index is 4.58. The van der Waals surface area contributed by atoms with Crippen molar-refractivity contribution in [3.8, 4) is 0 Å². The molecule has 3 rings (SSSR count). The zero-order valence-electron chi connectivity index (χ0n) is 11.9. The molecule has 0 amide bonds. The molecule has 1 aliphatic heterocycles. The van der Waals surface area contributed by atoms with Crippen molar-refractivity contribution in [3.05, 3.63) is 16.1 Å². The predicted molar refractivity (Wildman–Crippen MR) is 80.6 cm³/mol. The van der Waals surface area contributed by atoms with Crippen molar-refractivity contribution in [2.75, 3.05) is 13.1 Å². The molecule has 2 aliphatic rings. The van der Waals surface area contributed by atoms with Crippen LogP contribution in [0.3, 0.4) is 0 Å². The highest BCUT2D eigenvalue weighted by Crippen LogP contribution is 2.21. The Balaban J connectivity index is 1.43. The van der Waals surface area contributed by atoms with Gasteiger partial charge in [0.05, 0.1) is 5.01 Å². The van der Waals surface area contributed by atoms with Crippen molar-refractivity contribution in [3.63, 3.8) is 0 Å². The fourth-order valence-corrected chi connectivity index (χ4v) is 3.67. The van der Waals surface area contributed by atoms with Crippen molar-refractivity contribution in [1.82, 2.24) is 15.2 Å². The van der Waals surface area contributed by atoms with Gasteiger partial charge in [-0.05, 0) is 39.2 Å². The van der Waals surface area contributed by atoms with Gasteiger partial charge in [0.1, 0.15) is 0 Å². The van der Waals surface area contributed by atoms with Gasteiger partial charge in [-0.1, -0.05) is 6.42 Å². The lowest BCUT2D eigenvalue weighted by atomic mass is 10.0. The molecular weight excluding hydrogens is 254 g/mol. The molecule has 1 saturated heterocycles. The van der Waals surface area contributed by atoms with E-state index in [1.54, 1.807) is 0 Å². The molecule has 2 fully saturated rings. The first-order valence-corrected chi connectivity index (χ1v) is 8.54. The number of thiazole rings is 1. The van der Waals surface area contributed by atoms with Crippen LogP contribution in [0.4, 0.5) is 0 Å². The van der Waals surface area contributed by atoms with Gasteiger partial charge in [0.2, 0.25) is 0 Å². The third kappa shape index (κ3) is 4.01. The van der Waals surface area contributed by atoms with Crippen LogP contribution in [-0.4, -0.2) is 35.1 Å². The van der Waals surface area contributed by atoms with Gasteiger partial charge in [-0.2, -0.15) is 0 Å². The van der Waals surface area contributed by atoms with Crippen molar-refractivity contribution in [2.45, 2.75) is 64.1 Å². The summed E-state index contributed by atoms with van der Waals surface area (Å²) in [6, 6.07) is 1.56. The summed E-state index contributed by atoms with van der Waals surface area (Å²) in [5.74, 6) is 0. The topological polar surface area (TPSA) is 28.2 Å². The average Bonchev–Trinajstić information content (AvgIpc) is 3.14. The second-order valence-corrected chi connectivity index (χ2v) is 7.21. The summed E-state index contributed by atoms with van der Waals surface area (Å²) >= 11 is 1.89. The highest BCUT2D eigenvalue weighted by Gasteiger charge is 2.21. The number of piperidine rings is 1. The maximum absolute atomic E-state index is 4.58. The van der Waals surface area contributed by atoms with Crippen LogP contribution < -0.4 is 5.32 Å². The number of rotatable bonds is 6. The Kier molecular flexibility index (Phi) is 4.51. The van der Waals surface area contributed by atoms with Gasteiger partial charge in [0.25, 0.3) is 0 Å². The molecule has 3 nitrogen and oxygen atoms in total. The van der Waals surface area contributed by atoms with Gasteiger partial charge in [-0.15, -0.1) is 11.3 Å². The van der Waals surface area contributed by atoms with Crippen LogP contribution in [0.5, 0.6) is 0 Å². The van der Waals surface area contributed by atoms with Crippen LogP contribution in [0.25, 0.3) is 0 Å². The number of likely N-dealkylation sites (tertiary alicyclic amines) is 1. The van der Waals surface area contributed by atoms with Crippen molar-refractivity contribution in [1.29, 1.82) is 0 Å². The van der Waals surface area contributed by atoms with Crippen LogP contribution in [0.2, 0.25) is 0 Å². The summed E-state index contributed by atoms with van der Waals surface area (Å²) in [7, 11) is 0. The molecule has 1 unspecified atom stereocenters. The van der Waals surface area contributed by atoms with E-state index in [0.29, 0.717) is 0 Å². The lowest BCUT2D eigenvalue weighted by molar-refractivity contribution is 0.163. The van der Waals surface area contributed by atoms with Gasteiger partial charge in [0.15, 0.2) is 0 Å². The molecule has 0 radical (unpaired) electrons. The number of hydrogen-bond acceptors (Lipinski definition) is 4. The van der Waals surface area contributed by atoms with Crippen LogP contribution >= 0.6 is 11.3 Å². The number of nitrogens with one attached hydrogen (secondary N) is 1. The highest BCUT2D eigenvalue weighted by molar-refractivity contribution is 7.11. The third-order valence-electron chi connectivity index (χ3n) is 4.30. The van der Waals surface area contributed by atoms with Gasteiger partial charge in [0, 0.05) is 42.7 Å². The normalized spacial score (nSPS) is 24.8. The predicted octanol–water partition coefficient (Wildman–Crippen LogP) is 2.81. The summed E-state index contributed by atoms with van der Waals surface area (Å²) in [6.45, 7) is 5.85. The molecule has 0 bridgehead atoms. The molecule has 1 aromatic heterocycles. The molecule has 1 aromatic rings. The molecule has 1 atom stereocenters. The third-order valence-corrected chi connectivity index (χ3v) is 5.35. The molecule has 19 heavy (non-hydrogen) atoms. The minimum absolute atomic E-state index is 0.768. The molecule has 1 saturated carbocycles. The van der Waals surface area contributed by atoms with Crippen LogP contribution in [0.1, 0.15) is 48.9 Å². The minimum atomic E-state index is 0.768. The first-order valence-electron chi connectivity index (χ1n) is 7.72. The van der Waals surface area contributed by atoms with Gasteiger partial charge in [-0.25, -0.2) is 4.98 Å². The van der Waals surface area contributed by atoms with E-state index in [1.165, 1.54) is 55.1 Å². The molecular formula is C15H25N3S. The van der Waals surface area contributed by atoms with Crippen molar-refractivity contribution in [2.24, 2.45) is 0 Å². The van der Waals surface area contributed by atoms with Gasteiger partial charge >= 0.3 is 0 Å². The van der Waals surface area contributed by atoms with Gasteiger partial charge in [-0.3, -0.25) is 0 Å². The molecule has 4 heteroatoms. The van der Waals surface area contributed by atoms with E-state index >= 15 is 0 Å². The molecule has 1 N–H and O–H groups in total. The summed E-state index contributed by atoms with van der Waals surface area (Å²) in [5.41, 5.74) is 0. The van der Waals surface area contributed by atoms with E-state index < -0.39 is 0 Å². The van der Waals surface area contributed by atoms with Crippen molar-refractivity contribution >= 4 is 11.3 Å². The van der Waals surface area contributed by atoms with E-state index in [2.05, 4.69) is 28.3 Å². The maximum Gasteiger partial charge on any atom is 0.0940 e. The van der Waals surface area contributed by atoms with E-state index in [4.69, 9.17) is 0 Å². The van der Waals surface area contributed by atoms with Crippen molar-refractivity contribution < 1.29 is 0 Å². The smallest absolute Gasteiger partial charge is 0.0940 e. The van der Waals surface area contributed by atoms with E-state index in [1.807, 2.05) is 11.3 Å². The van der Waals surface area contributed by atoms with Crippen LogP contribution in [0, 0.1) is 0 Å². The number of hydrogen-bond donors (Lipinski definition) is 1. The van der Waals surface area contributed by atoms with E-state index in [9.17, 15) is 0 Å². The Hall–Kier alpha value is -0.450. The lowest BCUT2D eigenvalue weighted by Gasteiger charge is -2.32. The van der Waals surface area contributed by atoms with E-state index in [0.717, 1.165) is 25.0 Å². The van der Waals surface area contributed by atoms with Crippen LogP contribution in [0.15, 0.2) is 6.20 Å². The first-order chi connectivity index (χ1) is 9.31. The Morgan fingerprint density at radius 1 is 1.37 bits per heavy atom. The molecule has 0 aromatic carbocycles. The fraction of sp³-hybridized carbons (Fsp3) is 0.800. The summed E-state index contributed by atoms with van der Waals surface area (Å²) in [4.78, 5) is 8.60. The molecule has 2 heterocycles. The zero-order valence-corrected chi connectivity index (χ0v) is 12.7. The number of nitrogens with zero attached hydrogens (tertiary/aromatic N) is 2. The summed E-state index contributed by atoms with van der Waals surface area (Å²) in [6.07, 6.45) is 10.1.